The highest BCUT2D eigenvalue weighted by Crippen LogP contribution is 2.48. The Morgan fingerprint density at radius 1 is 0.245 bits per heavy atom. The van der Waals surface area contributed by atoms with Crippen LogP contribution >= 0.6 is 0 Å². The molecule has 2 aliphatic heterocycles. The van der Waals surface area contributed by atoms with Crippen LogP contribution in [0.3, 0.4) is 0 Å². The Kier molecular flexibility index (Phi) is 15.2. The van der Waals surface area contributed by atoms with Crippen LogP contribution in [0.15, 0.2) is 334 Å². The van der Waals surface area contributed by atoms with Crippen molar-refractivity contribution in [2.45, 2.75) is 0 Å². The van der Waals surface area contributed by atoms with Crippen molar-refractivity contribution in [3.63, 3.8) is 0 Å². The highest BCUT2D eigenvalue weighted by molar-refractivity contribution is 7.00. The second-order valence-electron chi connectivity index (χ2n) is 26.3. The first-order valence-electron chi connectivity index (χ1n) is 34.9. The molecule has 3 aromatic heterocycles. The molecule has 490 valence electrons. The molecule has 0 unspecified atom stereocenters. The number of aromatic nitrogens is 7. The van der Waals surface area contributed by atoms with Gasteiger partial charge in [-0.15, -0.1) is 0 Å². The highest BCUT2D eigenvalue weighted by Gasteiger charge is 2.44. The van der Waals surface area contributed by atoms with Crippen molar-refractivity contribution in [2.75, 3.05) is 9.80 Å². The lowest BCUT2D eigenvalue weighted by atomic mass is 9.33. The number of benzene rings is 14. The highest BCUT2D eigenvalue weighted by atomic mass is 15.2. The van der Waals surface area contributed by atoms with E-state index in [1.807, 2.05) is 176 Å². The van der Waals surface area contributed by atoms with Gasteiger partial charge in [0.15, 0.2) is 34.9 Å². The molecule has 2 aliphatic rings. The van der Waals surface area contributed by atoms with E-state index >= 15 is 0 Å². The third-order valence-corrected chi connectivity index (χ3v) is 20.2. The van der Waals surface area contributed by atoms with E-state index in [1.165, 1.54) is 0 Å². The predicted molar refractivity (Wildman–Crippen MR) is 425 cm³/mol. The Bertz CT molecular complexity index is 6190. The van der Waals surface area contributed by atoms with Crippen LogP contribution in [0, 0.1) is 34.0 Å². The van der Waals surface area contributed by atoms with Gasteiger partial charge in [-0.2, -0.15) is 15.8 Å². The first-order chi connectivity index (χ1) is 52.4. The molecule has 0 N–H and O–H groups in total. The molecule has 13 heteroatoms. The summed E-state index contributed by atoms with van der Waals surface area (Å²) in [6, 6.07) is 121. The topological polar surface area (TPSA) is 160 Å². The van der Waals surface area contributed by atoms with Crippen LogP contribution in [0.2, 0.25) is 0 Å². The Hall–Kier alpha value is -15.0. The summed E-state index contributed by atoms with van der Waals surface area (Å²) >= 11 is 0. The molecule has 14 aromatic carbocycles. The molecule has 106 heavy (non-hydrogen) atoms. The molecule has 19 rings (SSSR count). The van der Waals surface area contributed by atoms with Gasteiger partial charge in [0, 0.05) is 78.3 Å². The number of nitrogens with zero attached hydrogens (tertiary/aromatic N) is 12. The molecule has 0 saturated carbocycles. The Labute approximate surface area is 611 Å². The zero-order chi connectivity index (χ0) is 70.8. The maximum Gasteiger partial charge on any atom is 0.252 e. The van der Waals surface area contributed by atoms with Crippen LogP contribution in [0.4, 0.5) is 34.1 Å². The van der Waals surface area contributed by atoms with Crippen molar-refractivity contribution in [2.24, 2.45) is 0 Å². The lowest BCUT2D eigenvalue weighted by Gasteiger charge is -2.44. The first-order valence-corrected chi connectivity index (χ1v) is 34.9. The molecule has 0 fully saturated rings. The summed E-state index contributed by atoms with van der Waals surface area (Å²) in [5.41, 5.74) is 23.4. The van der Waals surface area contributed by atoms with Gasteiger partial charge in [0.25, 0.3) is 6.71 Å². The van der Waals surface area contributed by atoms with E-state index in [-0.39, 0.29) is 0 Å². The second kappa shape index (κ2) is 25.9. The summed E-state index contributed by atoms with van der Waals surface area (Å²) in [5, 5.41) is 34.1. The molecule has 5 heterocycles. The van der Waals surface area contributed by atoms with Crippen LogP contribution in [0.25, 0.3) is 129 Å². The zero-order valence-corrected chi connectivity index (χ0v) is 56.7. The molecule has 0 radical (unpaired) electrons. The van der Waals surface area contributed by atoms with Crippen LogP contribution in [-0.4, -0.2) is 41.2 Å². The quantitative estimate of drug-likeness (QED) is 0.107. The van der Waals surface area contributed by atoms with E-state index in [2.05, 4.69) is 190 Å². The largest absolute Gasteiger partial charge is 0.311 e. The van der Waals surface area contributed by atoms with Gasteiger partial charge in [-0.25, -0.2) is 29.9 Å². The van der Waals surface area contributed by atoms with Crippen molar-refractivity contribution < 1.29 is 0 Å². The maximum absolute atomic E-state index is 10.8. The minimum absolute atomic E-state index is 0.394. The molecular formula is C93H55BN12. The molecule has 0 spiro atoms. The monoisotopic (exact) mass is 1350 g/mol. The molecule has 0 atom stereocenters. The smallest absolute Gasteiger partial charge is 0.252 e. The first kappa shape index (κ1) is 62.1. The molecule has 0 saturated heterocycles. The summed E-state index contributed by atoms with van der Waals surface area (Å²) < 4.78 is 2.25. The summed E-state index contributed by atoms with van der Waals surface area (Å²) in [5.74, 6) is 2.96. The van der Waals surface area contributed by atoms with E-state index in [0.29, 0.717) is 57.2 Å². The van der Waals surface area contributed by atoms with Crippen LogP contribution in [0.1, 0.15) is 16.7 Å². The fraction of sp³-hybridized carbons (Fsp3) is 0. The fourth-order valence-corrected chi connectivity index (χ4v) is 15.2. The SMILES string of the molecule is N#Cc1ccc2c(c1)B1c3cc(C#N)ccc3N(c3ccc(-c4ccccc4)cc3)c3cc(-c4ccc5c(c4)c4cc(-c6nc(-c7ccccc7)nc(-c7ccccc7)n6)ccc4n5-c4ccc(C#N)cc4-c4nc(-c5ccccc5)nc(-c5ccccc5)n4)cc(c31)N2c1ccc(-c2ccccc2)cc1. The van der Waals surface area contributed by atoms with Crippen molar-refractivity contribution in [3.05, 3.63) is 350 Å². The van der Waals surface area contributed by atoms with E-state index in [4.69, 9.17) is 29.9 Å². The predicted octanol–water partition coefficient (Wildman–Crippen LogP) is 19.9. The standard InChI is InChI=1S/C93H55BN12/c95-56-59-31-44-82(77(49-59)93-102-90(68-27-15-5-16-28-68)99-91(103-93)69-29-17-6-18-30-69)106-80-47-38-70(52-75(80)76-53-71(39-48-81(76)106)92-100-88(66-23-11-3-12-24-66)98-89(101-92)67-25-13-4-14-26-67)72-54-85-87-86(55-72)105(74-42-36-65(37-43-74)63-21-9-2-10-22-63)84-46-33-61(58-97)51-79(84)94(87)78-50-60(57-96)32-45-83(78)104(85)73-40-34-64(35-41-73)62-19-7-1-8-20-62/h1-55H. The normalized spacial score (nSPS) is 11.9. The number of fused-ring (bicyclic) bond motifs is 7. The van der Waals surface area contributed by atoms with E-state index in [0.717, 1.165) is 139 Å². The van der Waals surface area contributed by atoms with Crippen molar-refractivity contribution in [1.29, 1.82) is 15.8 Å². The number of hydrogen-bond acceptors (Lipinski definition) is 11. The van der Waals surface area contributed by atoms with Gasteiger partial charge < -0.3 is 14.4 Å². The third-order valence-electron chi connectivity index (χ3n) is 20.2. The zero-order valence-electron chi connectivity index (χ0n) is 56.7. The summed E-state index contributed by atoms with van der Waals surface area (Å²) in [6.07, 6.45) is 0. The summed E-state index contributed by atoms with van der Waals surface area (Å²) in [4.78, 5) is 35.9. The Morgan fingerprint density at radius 2 is 0.566 bits per heavy atom. The second-order valence-corrected chi connectivity index (χ2v) is 26.3. The van der Waals surface area contributed by atoms with Crippen molar-refractivity contribution >= 4 is 79.0 Å². The van der Waals surface area contributed by atoms with Gasteiger partial charge in [0.05, 0.1) is 51.6 Å². The maximum atomic E-state index is 10.8. The van der Waals surface area contributed by atoms with Gasteiger partial charge >= 0.3 is 0 Å². The average Bonchev–Trinajstić information content (AvgIpc) is 0.793. The number of anilines is 6. The van der Waals surface area contributed by atoms with E-state index in [1.54, 1.807) is 0 Å². The Morgan fingerprint density at radius 3 is 0.962 bits per heavy atom. The van der Waals surface area contributed by atoms with Gasteiger partial charge in [0.2, 0.25) is 0 Å². The number of hydrogen-bond donors (Lipinski definition) is 0. The van der Waals surface area contributed by atoms with E-state index < -0.39 is 6.71 Å². The Balaban J connectivity index is 0.880. The van der Waals surface area contributed by atoms with Gasteiger partial charge in [-0.1, -0.05) is 212 Å². The van der Waals surface area contributed by atoms with Crippen molar-refractivity contribution in [3.8, 4) is 126 Å². The van der Waals surface area contributed by atoms with Gasteiger partial charge in [-0.3, -0.25) is 0 Å². The fourth-order valence-electron chi connectivity index (χ4n) is 15.2. The molecule has 0 bridgehead atoms. The van der Waals surface area contributed by atoms with Gasteiger partial charge in [0.1, 0.15) is 0 Å². The van der Waals surface area contributed by atoms with Gasteiger partial charge in [-0.05, 0) is 171 Å². The van der Waals surface area contributed by atoms with Crippen LogP contribution in [-0.2, 0) is 0 Å². The molecule has 0 amide bonds. The summed E-state index contributed by atoms with van der Waals surface area (Å²) in [7, 11) is 0. The summed E-state index contributed by atoms with van der Waals surface area (Å²) in [6.45, 7) is -0.400. The molecule has 0 aliphatic carbocycles. The van der Waals surface area contributed by atoms with Crippen LogP contribution < -0.4 is 26.2 Å². The number of rotatable bonds is 12. The lowest BCUT2D eigenvalue weighted by Crippen LogP contribution is -2.61. The minimum atomic E-state index is -0.400. The van der Waals surface area contributed by atoms with Crippen molar-refractivity contribution in [1.82, 2.24) is 34.5 Å². The van der Waals surface area contributed by atoms with E-state index in [9.17, 15) is 15.8 Å². The molecule has 12 nitrogen and oxygen atoms in total. The van der Waals surface area contributed by atoms with Crippen LogP contribution in [0.5, 0.6) is 0 Å². The average molecular weight is 1350 g/mol. The molecular weight excluding hydrogens is 1300 g/mol. The third kappa shape index (κ3) is 10.9. The lowest BCUT2D eigenvalue weighted by molar-refractivity contribution is 1.06. The minimum Gasteiger partial charge on any atom is -0.311 e. The number of nitriles is 3. The molecule has 17 aromatic rings.